The number of carbonyl (C=O) groups excluding carboxylic acids is 2. The van der Waals surface area contributed by atoms with Gasteiger partial charge in [-0.25, -0.2) is 4.39 Å². The lowest BCUT2D eigenvalue weighted by Crippen LogP contribution is -2.50. The normalized spacial score (nSPS) is 15.9. The molecule has 158 valence electrons. The summed E-state index contributed by atoms with van der Waals surface area (Å²) >= 11 is 0. The molecule has 4 rings (SSSR count). The molecule has 0 bridgehead atoms. The average Bonchev–Trinajstić information content (AvgIpc) is 2.82. The molecule has 7 heteroatoms. The van der Waals surface area contributed by atoms with Gasteiger partial charge in [-0.3, -0.25) is 14.6 Å². The van der Waals surface area contributed by atoms with Gasteiger partial charge in [-0.2, -0.15) is 0 Å². The quantitative estimate of drug-likeness (QED) is 0.654. The minimum Gasteiger partial charge on any atom is -0.454 e. The molecule has 0 radical (unpaired) electrons. The van der Waals surface area contributed by atoms with Gasteiger partial charge in [0, 0.05) is 30.2 Å². The summed E-state index contributed by atoms with van der Waals surface area (Å²) in [7, 11) is 0. The molecule has 1 aliphatic rings. The van der Waals surface area contributed by atoms with Crippen LogP contribution >= 0.6 is 0 Å². The standard InChI is InChI=1S/C24H22FN3O3/c25-20-5-1-2-7-22(20)31-19-10-8-18(9-11-19)27-23(29)21-6-3-4-16-28(21)24(30)17-12-14-26-15-13-17/h1-2,5,7-15,21H,3-4,6,16H2,(H,27,29)/t21-/m1/s1. The van der Waals surface area contributed by atoms with Crippen molar-refractivity contribution in [3.8, 4) is 11.5 Å². The smallest absolute Gasteiger partial charge is 0.254 e. The minimum absolute atomic E-state index is 0.131. The number of ether oxygens (including phenoxy) is 1. The number of hydrogen-bond acceptors (Lipinski definition) is 4. The van der Waals surface area contributed by atoms with Gasteiger partial charge in [-0.1, -0.05) is 12.1 Å². The summed E-state index contributed by atoms with van der Waals surface area (Å²) < 4.78 is 19.3. The Balaban J connectivity index is 1.43. The van der Waals surface area contributed by atoms with Crippen LogP contribution in [0.4, 0.5) is 10.1 Å². The number of hydrogen-bond donors (Lipinski definition) is 1. The molecule has 0 saturated carbocycles. The number of amides is 2. The number of carbonyl (C=O) groups is 2. The first-order chi connectivity index (χ1) is 15.1. The molecule has 1 N–H and O–H groups in total. The Morgan fingerprint density at radius 2 is 1.74 bits per heavy atom. The fourth-order valence-corrected chi connectivity index (χ4v) is 3.59. The van der Waals surface area contributed by atoms with Crippen LogP contribution in [-0.4, -0.2) is 34.3 Å². The van der Waals surface area contributed by atoms with E-state index in [-0.39, 0.29) is 17.6 Å². The van der Waals surface area contributed by atoms with Crippen molar-refractivity contribution in [2.24, 2.45) is 0 Å². The van der Waals surface area contributed by atoms with E-state index in [1.54, 1.807) is 71.9 Å². The van der Waals surface area contributed by atoms with E-state index in [0.717, 1.165) is 12.8 Å². The number of nitrogens with one attached hydrogen (secondary N) is 1. The average molecular weight is 419 g/mol. The highest BCUT2D eigenvalue weighted by atomic mass is 19.1. The molecule has 1 atom stereocenters. The molecule has 2 heterocycles. The van der Waals surface area contributed by atoms with Crippen molar-refractivity contribution in [3.05, 3.63) is 84.4 Å². The molecule has 1 aliphatic heterocycles. The van der Waals surface area contributed by atoms with Crippen LogP contribution in [0.25, 0.3) is 0 Å². The predicted octanol–water partition coefficient (Wildman–Crippen LogP) is 4.65. The van der Waals surface area contributed by atoms with Crippen LogP contribution in [0.5, 0.6) is 11.5 Å². The number of para-hydroxylation sites is 1. The second kappa shape index (κ2) is 9.38. The summed E-state index contributed by atoms with van der Waals surface area (Å²) in [6.45, 7) is 0.536. The molecule has 31 heavy (non-hydrogen) atoms. The lowest BCUT2D eigenvalue weighted by Gasteiger charge is -2.34. The molecule has 3 aromatic rings. The summed E-state index contributed by atoms with van der Waals surface area (Å²) in [6, 6.07) is 15.6. The first-order valence-electron chi connectivity index (χ1n) is 10.2. The molecular formula is C24H22FN3O3. The van der Waals surface area contributed by atoms with Gasteiger partial charge in [-0.15, -0.1) is 0 Å². The Kier molecular flexibility index (Phi) is 6.21. The van der Waals surface area contributed by atoms with Crippen molar-refractivity contribution < 1.29 is 18.7 Å². The number of aromatic nitrogens is 1. The zero-order valence-electron chi connectivity index (χ0n) is 16.8. The van der Waals surface area contributed by atoms with Gasteiger partial charge in [-0.05, 0) is 67.8 Å². The third-order valence-electron chi connectivity index (χ3n) is 5.18. The fraction of sp³-hybridized carbons (Fsp3) is 0.208. The SMILES string of the molecule is O=C(Nc1ccc(Oc2ccccc2F)cc1)[C@H]1CCCCN1C(=O)c1ccncc1. The molecule has 6 nitrogen and oxygen atoms in total. The zero-order valence-corrected chi connectivity index (χ0v) is 16.8. The van der Waals surface area contributed by atoms with Crippen LogP contribution in [0.2, 0.25) is 0 Å². The Hall–Kier alpha value is -3.74. The molecule has 2 amide bonds. The maximum atomic E-state index is 13.7. The molecule has 1 fully saturated rings. The van der Waals surface area contributed by atoms with Gasteiger partial charge in [0.2, 0.25) is 5.91 Å². The minimum atomic E-state index is -0.538. The number of pyridine rings is 1. The monoisotopic (exact) mass is 419 g/mol. The van der Waals surface area contributed by atoms with E-state index in [4.69, 9.17) is 4.74 Å². The predicted molar refractivity (Wildman–Crippen MR) is 114 cm³/mol. The molecule has 0 spiro atoms. The second-order valence-corrected chi connectivity index (χ2v) is 7.29. The summed E-state index contributed by atoms with van der Waals surface area (Å²) in [5.74, 6) is -0.265. The summed E-state index contributed by atoms with van der Waals surface area (Å²) in [6.07, 6.45) is 5.49. The van der Waals surface area contributed by atoms with Crippen molar-refractivity contribution >= 4 is 17.5 Å². The highest BCUT2D eigenvalue weighted by Crippen LogP contribution is 2.26. The van der Waals surface area contributed by atoms with Gasteiger partial charge in [0.15, 0.2) is 11.6 Å². The van der Waals surface area contributed by atoms with E-state index in [2.05, 4.69) is 10.3 Å². The number of likely N-dealkylation sites (tertiary alicyclic amines) is 1. The van der Waals surface area contributed by atoms with Crippen LogP contribution in [0.15, 0.2) is 73.1 Å². The van der Waals surface area contributed by atoms with E-state index in [1.807, 2.05) is 0 Å². The maximum Gasteiger partial charge on any atom is 0.254 e. The molecule has 0 aliphatic carbocycles. The highest BCUT2D eigenvalue weighted by molar-refractivity contribution is 6.01. The van der Waals surface area contributed by atoms with Crippen molar-refractivity contribution in [3.63, 3.8) is 0 Å². The van der Waals surface area contributed by atoms with E-state index in [9.17, 15) is 14.0 Å². The van der Waals surface area contributed by atoms with Crippen LogP contribution in [0.3, 0.4) is 0 Å². The third kappa shape index (κ3) is 4.88. The van der Waals surface area contributed by atoms with E-state index < -0.39 is 11.9 Å². The van der Waals surface area contributed by atoms with E-state index in [0.29, 0.717) is 30.0 Å². The largest absolute Gasteiger partial charge is 0.454 e. The Morgan fingerprint density at radius 1 is 1.00 bits per heavy atom. The van der Waals surface area contributed by atoms with Crippen molar-refractivity contribution in [2.75, 3.05) is 11.9 Å². The van der Waals surface area contributed by atoms with Gasteiger partial charge in [0.1, 0.15) is 11.8 Å². The van der Waals surface area contributed by atoms with Crippen LogP contribution in [-0.2, 0) is 4.79 Å². The number of piperidine rings is 1. The molecule has 2 aromatic carbocycles. The Morgan fingerprint density at radius 3 is 2.48 bits per heavy atom. The number of nitrogens with zero attached hydrogens (tertiary/aromatic N) is 2. The maximum absolute atomic E-state index is 13.7. The van der Waals surface area contributed by atoms with Gasteiger partial charge in [0.05, 0.1) is 0 Å². The topological polar surface area (TPSA) is 71.5 Å². The van der Waals surface area contributed by atoms with Crippen molar-refractivity contribution in [1.82, 2.24) is 9.88 Å². The molecule has 1 saturated heterocycles. The first-order valence-corrected chi connectivity index (χ1v) is 10.2. The Labute approximate surface area is 179 Å². The number of halogens is 1. The van der Waals surface area contributed by atoms with Crippen LogP contribution in [0, 0.1) is 5.82 Å². The fourth-order valence-electron chi connectivity index (χ4n) is 3.59. The molecule has 1 aromatic heterocycles. The highest BCUT2D eigenvalue weighted by Gasteiger charge is 2.32. The molecule has 0 unspecified atom stereocenters. The summed E-state index contributed by atoms with van der Waals surface area (Å²) in [4.78, 5) is 31.4. The van der Waals surface area contributed by atoms with Gasteiger partial charge >= 0.3 is 0 Å². The molecular weight excluding hydrogens is 397 g/mol. The van der Waals surface area contributed by atoms with Crippen LogP contribution in [0.1, 0.15) is 29.6 Å². The number of rotatable bonds is 5. The third-order valence-corrected chi connectivity index (χ3v) is 5.18. The van der Waals surface area contributed by atoms with E-state index in [1.165, 1.54) is 6.07 Å². The lowest BCUT2D eigenvalue weighted by molar-refractivity contribution is -0.121. The Bertz CT molecular complexity index is 1060. The van der Waals surface area contributed by atoms with Gasteiger partial charge < -0.3 is 15.0 Å². The van der Waals surface area contributed by atoms with Crippen molar-refractivity contribution in [1.29, 1.82) is 0 Å². The summed E-state index contributed by atoms with van der Waals surface area (Å²) in [5, 5.41) is 2.88. The summed E-state index contributed by atoms with van der Waals surface area (Å²) in [5.41, 5.74) is 1.09. The zero-order chi connectivity index (χ0) is 21.6. The first kappa shape index (κ1) is 20.5. The second-order valence-electron chi connectivity index (χ2n) is 7.29. The van der Waals surface area contributed by atoms with E-state index >= 15 is 0 Å². The van der Waals surface area contributed by atoms with Crippen molar-refractivity contribution in [2.45, 2.75) is 25.3 Å². The van der Waals surface area contributed by atoms with Crippen LogP contribution < -0.4 is 10.1 Å². The number of anilines is 1. The number of benzene rings is 2. The lowest BCUT2D eigenvalue weighted by atomic mass is 10.00. The van der Waals surface area contributed by atoms with Gasteiger partial charge in [0.25, 0.3) is 5.91 Å².